The number of hydrogen-bond acceptors (Lipinski definition) is 6. The first kappa shape index (κ1) is 18.3. The Kier molecular flexibility index (Phi) is 5.36. The van der Waals surface area contributed by atoms with E-state index >= 15 is 0 Å². The molecule has 0 unspecified atom stereocenters. The molecule has 1 aliphatic rings. The van der Waals surface area contributed by atoms with Crippen LogP contribution in [0.15, 0.2) is 6.33 Å². The summed E-state index contributed by atoms with van der Waals surface area (Å²) in [5.41, 5.74) is 2.12. The van der Waals surface area contributed by atoms with E-state index in [2.05, 4.69) is 39.1 Å². The van der Waals surface area contributed by atoms with Gasteiger partial charge in [0.1, 0.15) is 11.2 Å². The van der Waals surface area contributed by atoms with Gasteiger partial charge in [-0.2, -0.15) is 0 Å². The van der Waals surface area contributed by atoms with Crippen LogP contribution < -0.4 is 5.32 Å². The average Bonchev–Trinajstić information content (AvgIpc) is 3.28. The highest BCUT2D eigenvalue weighted by atomic mass is 32.1. The van der Waals surface area contributed by atoms with Gasteiger partial charge >= 0.3 is 0 Å². The Hall–Kier alpha value is -2.06. The van der Waals surface area contributed by atoms with Crippen molar-refractivity contribution >= 4 is 33.1 Å². The highest BCUT2D eigenvalue weighted by Gasteiger charge is 2.22. The van der Waals surface area contributed by atoms with Gasteiger partial charge in [0, 0.05) is 11.4 Å². The molecule has 8 heteroatoms. The van der Waals surface area contributed by atoms with Crippen molar-refractivity contribution in [3.8, 4) is 0 Å². The second-order valence-electron chi connectivity index (χ2n) is 6.98. The summed E-state index contributed by atoms with van der Waals surface area (Å²) in [6, 6.07) is 0. The van der Waals surface area contributed by atoms with E-state index in [0.29, 0.717) is 6.54 Å². The average molecular weight is 387 g/mol. The van der Waals surface area contributed by atoms with E-state index in [0.717, 1.165) is 54.8 Å². The summed E-state index contributed by atoms with van der Waals surface area (Å²) in [6.45, 7) is 7.99. The Morgan fingerprint density at radius 1 is 1.30 bits per heavy atom. The number of aromatic nitrogens is 4. The van der Waals surface area contributed by atoms with Crippen molar-refractivity contribution in [3.63, 3.8) is 0 Å². The zero-order valence-corrected chi connectivity index (χ0v) is 16.8. The van der Waals surface area contributed by atoms with Gasteiger partial charge in [0.25, 0.3) is 5.91 Å². The summed E-state index contributed by atoms with van der Waals surface area (Å²) in [5, 5.41) is 8.40. The Bertz CT molecular complexity index is 958. The number of amides is 1. The zero-order valence-electron chi connectivity index (χ0n) is 16.0. The van der Waals surface area contributed by atoms with Crippen LogP contribution in [0.1, 0.15) is 54.2 Å². The zero-order chi connectivity index (χ0) is 18.8. The lowest BCUT2D eigenvalue weighted by atomic mass is 9.97. The fraction of sp³-hybridized carbons (Fsp3) is 0.579. The van der Waals surface area contributed by atoms with Crippen molar-refractivity contribution in [1.29, 1.82) is 0 Å². The molecule has 1 aliphatic carbocycles. The second-order valence-corrected chi connectivity index (χ2v) is 8.06. The van der Waals surface area contributed by atoms with Gasteiger partial charge < -0.3 is 10.2 Å². The maximum absolute atomic E-state index is 12.5. The van der Waals surface area contributed by atoms with Crippen LogP contribution in [0, 0.1) is 0 Å². The van der Waals surface area contributed by atoms with E-state index in [-0.39, 0.29) is 11.7 Å². The smallest absolute Gasteiger partial charge is 0.290 e. The molecule has 3 heterocycles. The van der Waals surface area contributed by atoms with Crippen molar-refractivity contribution < 1.29 is 4.79 Å². The largest absolute Gasteiger partial charge is 0.349 e. The minimum Gasteiger partial charge on any atom is -0.349 e. The molecule has 0 fully saturated rings. The first-order valence-electron chi connectivity index (χ1n) is 9.87. The standard InChI is InChI=1S/C19H26N6OS/c1-3-24(4-2)11-7-10-20-18(26)16-22-17-15-13-8-5-6-9-14(13)27-19(15)21-12-25(17)23-16/h12H,3-11H2,1-2H3,(H,20,26). The molecule has 27 heavy (non-hydrogen) atoms. The summed E-state index contributed by atoms with van der Waals surface area (Å²) in [6.07, 6.45) is 7.22. The second kappa shape index (κ2) is 7.90. The van der Waals surface area contributed by atoms with Crippen LogP contribution in [-0.4, -0.2) is 56.6 Å². The molecule has 0 spiro atoms. The summed E-state index contributed by atoms with van der Waals surface area (Å²) < 4.78 is 1.65. The van der Waals surface area contributed by atoms with Crippen LogP contribution in [0.25, 0.3) is 15.9 Å². The van der Waals surface area contributed by atoms with Gasteiger partial charge in [-0.25, -0.2) is 14.5 Å². The van der Waals surface area contributed by atoms with E-state index in [4.69, 9.17) is 0 Å². The van der Waals surface area contributed by atoms with E-state index in [1.807, 2.05) is 0 Å². The molecule has 3 aromatic rings. The maximum Gasteiger partial charge on any atom is 0.290 e. The maximum atomic E-state index is 12.5. The third-order valence-corrected chi connectivity index (χ3v) is 6.53. The summed E-state index contributed by atoms with van der Waals surface area (Å²) in [7, 11) is 0. The molecule has 0 aliphatic heterocycles. The number of rotatable bonds is 7. The molecule has 0 saturated heterocycles. The van der Waals surface area contributed by atoms with Crippen LogP contribution in [0.5, 0.6) is 0 Å². The number of fused-ring (bicyclic) bond motifs is 5. The fourth-order valence-corrected chi connectivity index (χ4v) is 5.00. The monoisotopic (exact) mass is 386 g/mol. The summed E-state index contributed by atoms with van der Waals surface area (Å²) in [5.74, 6) is 0.0124. The van der Waals surface area contributed by atoms with Crippen LogP contribution in [-0.2, 0) is 12.8 Å². The van der Waals surface area contributed by atoms with Crippen LogP contribution in [0.3, 0.4) is 0 Å². The van der Waals surface area contributed by atoms with Crippen LogP contribution in [0.4, 0.5) is 0 Å². The van der Waals surface area contributed by atoms with Crippen molar-refractivity contribution in [2.75, 3.05) is 26.2 Å². The molecular formula is C19H26N6OS. The first-order chi connectivity index (χ1) is 13.2. The van der Waals surface area contributed by atoms with E-state index in [1.54, 1.807) is 22.2 Å². The molecular weight excluding hydrogens is 360 g/mol. The van der Waals surface area contributed by atoms with Crippen molar-refractivity contribution in [3.05, 3.63) is 22.6 Å². The molecule has 3 aromatic heterocycles. The number of carbonyl (C=O) groups excluding carboxylic acids is 1. The number of nitrogens with zero attached hydrogens (tertiary/aromatic N) is 5. The normalized spacial score (nSPS) is 14.2. The van der Waals surface area contributed by atoms with Gasteiger partial charge in [0.15, 0.2) is 5.65 Å². The quantitative estimate of drug-likeness (QED) is 0.632. The molecule has 0 atom stereocenters. The topological polar surface area (TPSA) is 75.4 Å². The van der Waals surface area contributed by atoms with Crippen molar-refractivity contribution in [2.45, 2.75) is 46.0 Å². The van der Waals surface area contributed by atoms with E-state index in [9.17, 15) is 4.79 Å². The minimum atomic E-state index is -0.213. The summed E-state index contributed by atoms with van der Waals surface area (Å²) in [4.78, 5) is 26.4. The van der Waals surface area contributed by atoms with Gasteiger partial charge in [-0.05, 0) is 57.3 Å². The molecule has 0 saturated carbocycles. The molecule has 1 N–H and O–H groups in total. The molecule has 4 rings (SSSR count). The lowest BCUT2D eigenvalue weighted by Crippen LogP contribution is -2.30. The van der Waals surface area contributed by atoms with Gasteiger partial charge in [0.2, 0.25) is 5.82 Å². The molecule has 144 valence electrons. The molecule has 0 aromatic carbocycles. The summed E-state index contributed by atoms with van der Waals surface area (Å²) >= 11 is 1.76. The third-order valence-electron chi connectivity index (χ3n) is 5.33. The SMILES string of the molecule is CCN(CC)CCCNC(=O)c1nc2c3c4c(sc3ncn2n1)CCCC4. The Morgan fingerprint density at radius 3 is 2.93 bits per heavy atom. The van der Waals surface area contributed by atoms with E-state index in [1.165, 1.54) is 23.3 Å². The lowest BCUT2D eigenvalue weighted by Gasteiger charge is -2.17. The fourth-order valence-electron chi connectivity index (χ4n) is 3.77. The third kappa shape index (κ3) is 3.55. The molecule has 0 radical (unpaired) electrons. The molecule has 7 nitrogen and oxygen atoms in total. The Morgan fingerprint density at radius 2 is 2.11 bits per heavy atom. The van der Waals surface area contributed by atoms with E-state index < -0.39 is 0 Å². The predicted molar refractivity (Wildman–Crippen MR) is 108 cm³/mol. The highest BCUT2D eigenvalue weighted by Crippen LogP contribution is 2.36. The number of aryl methyl sites for hydroxylation is 2. The number of thiophene rings is 1. The number of nitrogens with one attached hydrogen (secondary N) is 1. The Balaban J connectivity index is 1.52. The number of carbonyl (C=O) groups is 1. The van der Waals surface area contributed by atoms with Crippen molar-refractivity contribution in [1.82, 2.24) is 29.8 Å². The first-order valence-corrected chi connectivity index (χ1v) is 10.7. The molecule has 1 amide bonds. The van der Waals surface area contributed by atoms with Gasteiger partial charge in [-0.1, -0.05) is 13.8 Å². The van der Waals surface area contributed by atoms with Crippen LogP contribution in [0.2, 0.25) is 0 Å². The van der Waals surface area contributed by atoms with Gasteiger partial charge in [-0.3, -0.25) is 4.79 Å². The lowest BCUT2D eigenvalue weighted by molar-refractivity contribution is 0.0941. The molecule has 0 bridgehead atoms. The van der Waals surface area contributed by atoms with Crippen molar-refractivity contribution in [2.24, 2.45) is 0 Å². The number of hydrogen-bond donors (Lipinski definition) is 1. The predicted octanol–water partition coefficient (Wildman–Crippen LogP) is 2.68. The minimum absolute atomic E-state index is 0.213. The van der Waals surface area contributed by atoms with Gasteiger partial charge in [-0.15, -0.1) is 16.4 Å². The highest BCUT2D eigenvalue weighted by molar-refractivity contribution is 7.19. The van der Waals surface area contributed by atoms with Gasteiger partial charge in [0.05, 0.1) is 5.39 Å². The Labute approximate surface area is 162 Å². The van der Waals surface area contributed by atoms with Crippen LogP contribution >= 0.6 is 11.3 Å².